The largest absolute Gasteiger partial charge is 0.129 e. The monoisotopic (exact) mass is 176 g/mol. The molecule has 0 aliphatic heterocycles. The first-order chi connectivity index (χ1) is 5.88. The van der Waals surface area contributed by atoms with Gasteiger partial charge >= 0.3 is 0 Å². The molecule has 0 N–H and O–H groups in total. The number of rotatable bonds is 2. The Bertz CT molecular complexity index is 304. The maximum absolute atomic E-state index is 3.08. The lowest BCUT2D eigenvalue weighted by Gasteiger charge is -2.01. The summed E-state index contributed by atoms with van der Waals surface area (Å²) in [7, 11) is 0. The van der Waals surface area contributed by atoms with E-state index in [1.807, 2.05) is 6.92 Å². The van der Waals surface area contributed by atoms with Crippen LogP contribution in [0.3, 0.4) is 0 Å². The van der Waals surface area contributed by atoms with Crippen molar-refractivity contribution in [1.29, 1.82) is 0 Å². The molecule has 0 aliphatic carbocycles. The van der Waals surface area contributed by atoms with E-state index in [0.717, 1.165) is 6.42 Å². The number of benzene rings is 1. The molecular formula is C11H12S. The van der Waals surface area contributed by atoms with Gasteiger partial charge in [0.05, 0.1) is 0 Å². The molecular weight excluding hydrogens is 164 g/mol. The summed E-state index contributed by atoms with van der Waals surface area (Å²) < 4.78 is 0. The molecule has 0 aliphatic rings. The van der Waals surface area contributed by atoms with Crippen molar-refractivity contribution in [3.05, 3.63) is 29.8 Å². The summed E-state index contributed by atoms with van der Waals surface area (Å²) in [5.74, 6) is 5.98. The zero-order valence-electron chi connectivity index (χ0n) is 7.42. The Morgan fingerprint density at radius 2 is 2.08 bits per heavy atom. The van der Waals surface area contributed by atoms with Gasteiger partial charge in [0, 0.05) is 11.3 Å². The van der Waals surface area contributed by atoms with Gasteiger partial charge in [-0.15, -0.1) is 17.7 Å². The van der Waals surface area contributed by atoms with E-state index in [1.54, 1.807) is 11.8 Å². The fourth-order valence-corrected chi connectivity index (χ4v) is 1.65. The Kier molecular flexibility index (Phi) is 3.76. The first-order valence-electron chi connectivity index (χ1n) is 3.90. The normalized spacial score (nSPS) is 8.83. The van der Waals surface area contributed by atoms with E-state index < -0.39 is 0 Å². The van der Waals surface area contributed by atoms with E-state index in [9.17, 15) is 0 Å². The molecule has 0 unspecified atom stereocenters. The molecule has 0 atom stereocenters. The van der Waals surface area contributed by atoms with Crippen LogP contribution in [-0.4, -0.2) is 6.26 Å². The van der Waals surface area contributed by atoms with Crippen molar-refractivity contribution >= 4 is 11.8 Å². The van der Waals surface area contributed by atoms with Gasteiger partial charge in [0.1, 0.15) is 0 Å². The molecule has 1 heteroatoms. The molecule has 0 heterocycles. The maximum Gasteiger partial charge on any atom is 0.0351 e. The molecule has 1 aromatic rings. The first kappa shape index (κ1) is 9.22. The van der Waals surface area contributed by atoms with E-state index >= 15 is 0 Å². The lowest BCUT2D eigenvalue weighted by Crippen LogP contribution is -1.84. The third-order valence-electron chi connectivity index (χ3n) is 1.65. The van der Waals surface area contributed by atoms with Crippen molar-refractivity contribution in [2.24, 2.45) is 0 Å². The number of hydrogen-bond donors (Lipinski definition) is 0. The van der Waals surface area contributed by atoms with E-state index in [0.29, 0.717) is 0 Å². The van der Waals surface area contributed by atoms with Crippen molar-refractivity contribution in [2.75, 3.05) is 6.26 Å². The highest BCUT2D eigenvalue weighted by molar-refractivity contribution is 7.98. The molecule has 12 heavy (non-hydrogen) atoms. The van der Waals surface area contributed by atoms with Gasteiger partial charge in [0.25, 0.3) is 0 Å². The SMILES string of the molecule is CC#CCc1ccccc1SC. The Morgan fingerprint density at radius 1 is 1.33 bits per heavy atom. The van der Waals surface area contributed by atoms with E-state index in [-0.39, 0.29) is 0 Å². The minimum atomic E-state index is 0.869. The highest BCUT2D eigenvalue weighted by Gasteiger charge is 1.96. The van der Waals surface area contributed by atoms with Crippen molar-refractivity contribution in [1.82, 2.24) is 0 Å². The molecule has 0 bridgehead atoms. The minimum absolute atomic E-state index is 0.869. The van der Waals surface area contributed by atoms with Gasteiger partial charge < -0.3 is 0 Å². The molecule has 0 saturated heterocycles. The summed E-state index contributed by atoms with van der Waals surface area (Å²) in [4.78, 5) is 1.33. The van der Waals surface area contributed by atoms with Gasteiger partial charge in [-0.25, -0.2) is 0 Å². The van der Waals surface area contributed by atoms with Crippen LogP contribution >= 0.6 is 11.8 Å². The van der Waals surface area contributed by atoms with E-state index in [1.165, 1.54) is 10.5 Å². The number of hydrogen-bond acceptors (Lipinski definition) is 1. The third kappa shape index (κ3) is 2.32. The summed E-state index contributed by atoms with van der Waals surface area (Å²) in [6.45, 7) is 1.88. The minimum Gasteiger partial charge on any atom is -0.129 e. The van der Waals surface area contributed by atoms with Gasteiger partial charge in [-0.3, -0.25) is 0 Å². The zero-order chi connectivity index (χ0) is 8.81. The molecule has 0 spiro atoms. The maximum atomic E-state index is 3.08. The smallest absolute Gasteiger partial charge is 0.0351 e. The predicted molar refractivity (Wildman–Crippen MR) is 55.4 cm³/mol. The predicted octanol–water partition coefficient (Wildman–Crippen LogP) is 2.97. The summed E-state index contributed by atoms with van der Waals surface area (Å²) in [6, 6.07) is 8.40. The second-order valence-corrected chi connectivity index (χ2v) is 3.26. The zero-order valence-corrected chi connectivity index (χ0v) is 8.24. The quantitative estimate of drug-likeness (QED) is 0.493. The van der Waals surface area contributed by atoms with Crippen molar-refractivity contribution in [3.8, 4) is 11.8 Å². The fourth-order valence-electron chi connectivity index (χ4n) is 1.03. The van der Waals surface area contributed by atoms with Gasteiger partial charge in [0.15, 0.2) is 0 Å². The van der Waals surface area contributed by atoms with Crippen molar-refractivity contribution in [2.45, 2.75) is 18.2 Å². The van der Waals surface area contributed by atoms with Crippen LogP contribution in [-0.2, 0) is 6.42 Å². The van der Waals surface area contributed by atoms with Crippen LogP contribution in [0.15, 0.2) is 29.2 Å². The lowest BCUT2D eigenvalue weighted by atomic mass is 10.1. The van der Waals surface area contributed by atoms with Crippen LogP contribution in [0.2, 0.25) is 0 Å². The van der Waals surface area contributed by atoms with Crippen molar-refractivity contribution in [3.63, 3.8) is 0 Å². The highest BCUT2D eigenvalue weighted by Crippen LogP contribution is 2.19. The number of thioether (sulfide) groups is 1. The van der Waals surface area contributed by atoms with Gasteiger partial charge in [-0.2, -0.15) is 0 Å². The van der Waals surface area contributed by atoms with Crippen LogP contribution in [0.1, 0.15) is 12.5 Å². The molecule has 1 rings (SSSR count). The van der Waals surface area contributed by atoms with E-state index in [4.69, 9.17) is 0 Å². The fraction of sp³-hybridized carbons (Fsp3) is 0.273. The van der Waals surface area contributed by atoms with Crippen LogP contribution in [0.5, 0.6) is 0 Å². The third-order valence-corrected chi connectivity index (χ3v) is 2.49. The molecule has 0 fully saturated rings. The summed E-state index contributed by atoms with van der Waals surface area (Å²) in [5.41, 5.74) is 1.33. The van der Waals surface area contributed by atoms with Crippen molar-refractivity contribution < 1.29 is 0 Å². The Morgan fingerprint density at radius 3 is 2.75 bits per heavy atom. The average Bonchev–Trinajstić information content (AvgIpc) is 2.15. The molecule has 0 saturated carbocycles. The molecule has 0 amide bonds. The molecule has 62 valence electrons. The van der Waals surface area contributed by atoms with Gasteiger partial charge in [0.2, 0.25) is 0 Å². The molecule has 0 nitrogen and oxygen atoms in total. The van der Waals surface area contributed by atoms with Crippen LogP contribution in [0, 0.1) is 11.8 Å². The van der Waals surface area contributed by atoms with Crippen LogP contribution in [0.25, 0.3) is 0 Å². The average molecular weight is 176 g/mol. The summed E-state index contributed by atoms with van der Waals surface area (Å²) in [6.07, 6.45) is 2.96. The Balaban J connectivity index is 2.86. The molecule has 0 aromatic heterocycles. The van der Waals surface area contributed by atoms with Crippen LogP contribution in [0.4, 0.5) is 0 Å². The van der Waals surface area contributed by atoms with Gasteiger partial charge in [-0.1, -0.05) is 24.1 Å². The van der Waals surface area contributed by atoms with Crippen LogP contribution < -0.4 is 0 Å². The standard InChI is InChI=1S/C11H12S/c1-3-4-7-10-8-5-6-9-11(10)12-2/h5-6,8-9H,7H2,1-2H3. The summed E-state index contributed by atoms with van der Waals surface area (Å²) in [5, 5.41) is 0. The Hall–Kier alpha value is -0.870. The first-order valence-corrected chi connectivity index (χ1v) is 5.12. The molecule has 0 radical (unpaired) electrons. The topological polar surface area (TPSA) is 0 Å². The Labute approximate surface area is 78.4 Å². The second-order valence-electron chi connectivity index (χ2n) is 2.42. The summed E-state index contributed by atoms with van der Waals surface area (Å²) >= 11 is 1.78. The van der Waals surface area contributed by atoms with Gasteiger partial charge in [-0.05, 0) is 24.8 Å². The molecule has 1 aromatic carbocycles. The van der Waals surface area contributed by atoms with E-state index in [2.05, 4.69) is 42.4 Å². The highest BCUT2D eigenvalue weighted by atomic mass is 32.2. The lowest BCUT2D eigenvalue weighted by molar-refractivity contribution is 1.21. The second kappa shape index (κ2) is 4.90.